The predicted octanol–water partition coefficient (Wildman–Crippen LogP) is -1.67. The van der Waals surface area contributed by atoms with Gasteiger partial charge in [-0.05, 0) is 0 Å². The first kappa shape index (κ1) is 4.05. The maximum atomic E-state index is 8.25. The molecule has 3 heteroatoms. The van der Waals surface area contributed by atoms with Crippen LogP contribution in [0.15, 0.2) is 0 Å². The molecule has 0 aromatic heterocycles. The Bertz CT molecular complexity index is 47.4. The largest absolute Gasteiger partial charge is 0.394 e. The number of hydrogen-bond acceptors (Lipinski definition) is 3. The summed E-state index contributed by atoms with van der Waals surface area (Å²) in [6.45, 7) is -2.14. The van der Waals surface area contributed by atoms with Crippen LogP contribution in [0.1, 0.15) is 1.37 Å². The molecule has 0 amide bonds. The third-order valence-electron chi connectivity index (χ3n) is 0.359. The topological polar surface area (TPSA) is 60.7 Å². The van der Waals surface area contributed by atoms with E-state index < -0.39 is 19.3 Å². The highest BCUT2D eigenvalue weighted by Crippen LogP contribution is 1.71. The SMILES string of the molecule is [2H][13CH](O)[13C@@H](O)CO. The van der Waals surface area contributed by atoms with Gasteiger partial charge in [-0.1, -0.05) is 0 Å². The third kappa shape index (κ3) is 2.14. The van der Waals surface area contributed by atoms with Crippen LogP contribution < -0.4 is 0 Å². The number of rotatable bonds is 2. The van der Waals surface area contributed by atoms with Gasteiger partial charge in [0.25, 0.3) is 0 Å². The van der Waals surface area contributed by atoms with Crippen LogP contribution >= 0.6 is 0 Å². The highest BCUT2D eigenvalue weighted by Gasteiger charge is 1.93. The molecule has 0 rings (SSSR count). The van der Waals surface area contributed by atoms with Gasteiger partial charge in [-0.3, -0.25) is 0 Å². The van der Waals surface area contributed by atoms with E-state index in [1.807, 2.05) is 0 Å². The Labute approximate surface area is 37.3 Å². The molecule has 0 aliphatic carbocycles. The van der Waals surface area contributed by atoms with Crippen molar-refractivity contribution in [3.63, 3.8) is 0 Å². The lowest BCUT2D eigenvalue weighted by atomic mass is 11.0. The van der Waals surface area contributed by atoms with Crippen LogP contribution in [0, 0.1) is 0 Å². The van der Waals surface area contributed by atoms with Crippen molar-refractivity contribution >= 4 is 0 Å². The van der Waals surface area contributed by atoms with E-state index in [4.69, 9.17) is 16.7 Å². The third-order valence-corrected chi connectivity index (χ3v) is 0.359. The summed E-state index contributed by atoms with van der Waals surface area (Å²) in [5.74, 6) is 0. The number of aliphatic hydroxyl groups is 3. The quantitative estimate of drug-likeness (QED) is 0.359. The monoisotopic (exact) mass is 95.1 g/mol. The molecule has 0 radical (unpaired) electrons. The Kier molecular flexibility index (Phi) is 2.08. The van der Waals surface area contributed by atoms with Crippen LogP contribution in [0.2, 0.25) is 0 Å². The van der Waals surface area contributed by atoms with Crippen LogP contribution in [0.3, 0.4) is 0 Å². The van der Waals surface area contributed by atoms with Crippen molar-refractivity contribution < 1.29 is 16.7 Å². The van der Waals surface area contributed by atoms with E-state index >= 15 is 0 Å². The zero-order chi connectivity index (χ0) is 5.86. The van der Waals surface area contributed by atoms with E-state index in [0.29, 0.717) is 0 Å². The zero-order valence-electron chi connectivity index (χ0n) is 4.20. The minimum atomic E-state index is -1.58. The summed E-state index contributed by atoms with van der Waals surface area (Å²) in [6.07, 6.45) is -1.32. The summed E-state index contributed by atoms with van der Waals surface area (Å²) < 4.78 is 6.33. The second kappa shape index (κ2) is 3.08. The predicted molar refractivity (Wildman–Crippen MR) is 20.2 cm³/mol. The molecule has 0 saturated heterocycles. The van der Waals surface area contributed by atoms with Gasteiger partial charge in [0.1, 0.15) is 6.10 Å². The Morgan fingerprint density at radius 1 is 1.67 bits per heavy atom. The second-order valence-electron chi connectivity index (χ2n) is 0.899. The Hall–Kier alpha value is -0.120. The minimum Gasteiger partial charge on any atom is -0.394 e. The molecule has 38 valence electrons. The van der Waals surface area contributed by atoms with Gasteiger partial charge in [0.2, 0.25) is 0 Å². The first-order valence-electron chi connectivity index (χ1n) is 2.15. The smallest absolute Gasteiger partial charge is 0.100 e. The van der Waals surface area contributed by atoms with Crippen molar-refractivity contribution in [1.29, 1.82) is 0 Å². The summed E-state index contributed by atoms with van der Waals surface area (Å²) >= 11 is 0. The molecule has 0 fully saturated rings. The Morgan fingerprint density at radius 2 is 2.17 bits per heavy atom. The lowest BCUT2D eigenvalue weighted by molar-refractivity contribution is 0.0450. The zero-order valence-corrected chi connectivity index (χ0v) is 3.20. The molecular weight excluding hydrogens is 86.0 g/mol. The van der Waals surface area contributed by atoms with Crippen molar-refractivity contribution in [1.82, 2.24) is 0 Å². The maximum Gasteiger partial charge on any atom is 0.100 e. The van der Waals surface area contributed by atoms with Gasteiger partial charge in [0.05, 0.1) is 14.6 Å². The van der Waals surface area contributed by atoms with Gasteiger partial charge in [-0.25, -0.2) is 0 Å². The molecule has 0 aliphatic heterocycles. The van der Waals surface area contributed by atoms with Crippen LogP contribution in [-0.2, 0) is 0 Å². The second-order valence-corrected chi connectivity index (χ2v) is 0.899. The van der Waals surface area contributed by atoms with Crippen LogP contribution in [-0.4, -0.2) is 34.6 Å². The van der Waals surface area contributed by atoms with Crippen LogP contribution in [0.25, 0.3) is 0 Å². The minimum absolute atomic E-state index is 0.565. The Morgan fingerprint density at radius 3 is 2.17 bits per heavy atom. The summed E-state index contributed by atoms with van der Waals surface area (Å²) in [5.41, 5.74) is 0. The fraction of sp³-hybridized carbons (Fsp3) is 1.00. The molecule has 0 saturated carbocycles. The molecule has 0 aromatic rings. The highest BCUT2D eigenvalue weighted by molar-refractivity contribution is 4.43. The molecular formula is C3H8O3. The van der Waals surface area contributed by atoms with E-state index in [2.05, 4.69) is 0 Å². The van der Waals surface area contributed by atoms with Gasteiger partial charge in [-0.2, -0.15) is 0 Å². The van der Waals surface area contributed by atoms with Crippen molar-refractivity contribution in [2.45, 2.75) is 6.10 Å². The van der Waals surface area contributed by atoms with E-state index in [1.165, 1.54) is 0 Å². The molecule has 2 atom stereocenters. The lowest BCUT2D eigenvalue weighted by Crippen LogP contribution is -2.15. The van der Waals surface area contributed by atoms with E-state index in [0.717, 1.165) is 0 Å². The molecule has 3 nitrogen and oxygen atoms in total. The summed E-state index contributed by atoms with van der Waals surface area (Å²) in [7, 11) is 0. The van der Waals surface area contributed by atoms with Crippen molar-refractivity contribution in [3.8, 4) is 0 Å². The van der Waals surface area contributed by atoms with E-state index in [9.17, 15) is 0 Å². The molecule has 3 N–H and O–H groups in total. The summed E-state index contributed by atoms with van der Waals surface area (Å²) in [6, 6.07) is 0. The van der Waals surface area contributed by atoms with Crippen molar-refractivity contribution in [2.24, 2.45) is 0 Å². The van der Waals surface area contributed by atoms with E-state index in [1.54, 1.807) is 0 Å². The van der Waals surface area contributed by atoms with Gasteiger partial charge < -0.3 is 15.3 Å². The molecule has 0 aliphatic rings. The van der Waals surface area contributed by atoms with Crippen molar-refractivity contribution in [2.75, 3.05) is 13.2 Å². The molecule has 1 unspecified atom stereocenters. The first-order valence-corrected chi connectivity index (χ1v) is 1.57. The molecule has 6 heavy (non-hydrogen) atoms. The van der Waals surface area contributed by atoms with Gasteiger partial charge in [0, 0.05) is 0 Å². The van der Waals surface area contributed by atoms with Gasteiger partial charge >= 0.3 is 0 Å². The molecule has 0 heterocycles. The summed E-state index contributed by atoms with van der Waals surface area (Å²) in [4.78, 5) is 0. The first-order chi connectivity index (χ1) is 3.18. The Balaban J connectivity index is 3.14. The number of hydrogen-bond donors (Lipinski definition) is 3. The fourth-order valence-corrected chi connectivity index (χ4v) is 0.0471. The summed E-state index contributed by atoms with van der Waals surface area (Å²) in [5, 5.41) is 24.3. The van der Waals surface area contributed by atoms with Crippen molar-refractivity contribution in [3.05, 3.63) is 0 Å². The lowest BCUT2D eigenvalue weighted by Gasteiger charge is -1.96. The van der Waals surface area contributed by atoms with E-state index in [-0.39, 0.29) is 0 Å². The fourth-order valence-electron chi connectivity index (χ4n) is 0.0471. The average molecular weight is 95.1 g/mol. The highest BCUT2D eigenvalue weighted by atomic mass is 16.5. The maximum absolute atomic E-state index is 8.25. The molecule has 0 spiro atoms. The van der Waals surface area contributed by atoms with Crippen LogP contribution in [0.4, 0.5) is 0 Å². The molecule has 0 bridgehead atoms. The van der Waals surface area contributed by atoms with Gasteiger partial charge in [0.15, 0.2) is 0 Å². The van der Waals surface area contributed by atoms with Gasteiger partial charge in [-0.15, -0.1) is 0 Å². The molecule has 0 aromatic carbocycles. The normalized spacial score (nSPS) is 22.2. The number of aliphatic hydroxyl groups excluding tert-OH is 3. The average Bonchev–Trinajstić information content (AvgIpc) is 1.65. The standard InChI is InChI=1S/C3H8O3/c4-1-3(6)2-5/h3-6H,1-2H2/i1+1D,3+1/t1?,3-/m1/s1. The van der Waals surface area contributed by atoms with Crippen LogP contribution in [0.5, 0.6) is 0 Å².